The molecule has 0 saturated heterocycles. The molecule has 576 valence electrons. The van der Waals surface area contributed by atoms with Crippen LogP contribution in [0.2, 0.25) is 0 Å². The molecule has 0 aliphatic rings. The molecular weight excluding hydrogens is 1270 g/mol. The lowest BCUT2D eigenvalue weighted by Crippen LogP contribution is -2.30. The molecule has 0 radical (unpaired) electrons. The minimum Gasteiger partial charge on any atom is -0.462 e. The number of aliphatic hydroxyl groups excluding tert-OH is 1. The van der Waals surface area contributed by atoms with Crippen molar-refractivity contribution in [2.24, 2.45) is 5.92 Å². The first-order chi connectivity index (χ1) is 47.0. The Kier molecular flexibility index (Phi) is 69.6. The smallest absolute Gasteiger partial charge is 0.462 e. The Labute approximate surface area is 594 Å². The zero-order valence-corrected chi connectivity index (χ0v) is 65.0. The molecule has 0 heterocycles. The van der Waals surface area contributed by atoms with E-state index in [0.29, 0.717) is 25.7 Å². The number of carbonyl (C=O) groups excluding carboxylic acids is 4. The summed E-state index contributed by atoms with van der Waals surface area (Å²) in [5, 5.41) is 10.6. The van der Waals surface area contributed by atoms with Gasteiger partial charge in [-0.1, -0.05) is 362 Å². The molecule has 3 N–H and O–H groups in total. The summed E-state index contributed by atoms with van der Waals surface area (Å²) in [5.41, 5.74) is 0. The molecule has 97 heavy (non-hydrogen) atoms. The van der Waals surface area contributed by atoms with Crippen molar-refractivity contribution in [3.63, 3.8) is 0 Å². The summed E-state index contributed by atoms with van der Waals surface area (Å²) in [6.07, 6.45) is 60.9. The maximum absolute atomic E-state index is 13.1. The first-order valence-corrected chi connectivity index (χ1v) is 43.6. The van der Waals surface area contributed by atoms with Gasteiger partial charge in [-0.3, -0.25) is 37.3 Å². The lowest BCUT2D eigenvalue weighted by molar-refractivity contribution is -0.161. The van der Waals surface area contributed by atoms with Crippen LogP contribution in [0, 0.1) is 5.92 Å². The average Bonchev–Trinajstić information content (AvgIpc) is 2.86. The average molecular weight is 1420 g/mol. The topological polar surface area (TPSA) is 237 Å². The summed E-state index contributed by atoms with van der Waals surface area (Å²) in [7, 11) is -9.91. The van der Waals surface area contributed by atoms with Gasteiger partial charge in [0.2, 0.25) is 0 Å². The van der Waals surface area contributed by atoms with Crippen molar-refractivity contribution < 1.29 is 80.2 Å². The van der Waals surface area contributed by atoms with E-state index in [1.165, 1.54) is 238 Å². The van der Waals surface area contributed by atoms with Gasteiger partial charge in [-0.25, -0.2) is 9.13 Å². The molecule has 0 aromatic heterocycles. The van der Waals surface area contributed by atoms with Crippen molar-refractivity contribution in [1.29, 1.82) is 0 Å². The first kappa shape index (κ1) is 95.1. The van der Waals surface area contributed by atoms with Crippen LogP contribution in [-0.2, 0) is 65.4 Å². The van der Waals surface area contributed by atoms with Crippen molar-refractivity contribution in [2.75, 3.05) is 39.6 Å². The number of hydrogen-bond donors (Lipinski definition) is 3. The van der Waals surface area contributed by atoms with Gasteiger partial charge >= 0.3 is 39.5 Å². The third kappa shape index (κ3) is 72.2. The Bertz CT molecular complexity index is 1860. The molecule has 0 fully saturated rings. The van der Waals surface area contributed by atoms with E-state index in [1.54, 1.807) is 0 Å². The van der Waals surface area contributed by atoms with Crippen LogP contribution in [0.25, 0.3) is 0 Å². The molecule has 17 nitrogen and oxygen atoms in total. The molecule has 0 amide bonds. The largest absolute Gasteiger partial charge is 0.472 e. The molecule has 0 aromatic rings. The van der Waals surface area contributed by atoms with Gasteiger partial charge in [-0.05, 0) is 31.6 Å². The number of unbranched alkanes of at least 4 members (excludes halogenated alkanes) is 50. The van der Waals surface area contributed by atoms with Gasteiger partial charge in [0.1, 0.15) is 19.3 Å². The molecule has 5 atom stereocenters. The second-order valence-corrected chi connectivity index (χ2v) is 31.5. The summed E-state index contributed by atoms with van der Waals surface area (Å²) in [6, 6.07) is 0. The van der Waals surface area contributed by atoms with Gasteiger partial charge in [0.25, 0.3) is 0 Å². The van der Waals surface area contributed by atoms with E-state index in [9.17, 15) is 43.2 Å². The van der Waals surface area contributed by atoms with E-state index >= 15 is 0 Å². The number of ether oxygens (including phenoxy) is 4. The summed E-state index contributed by atoms with van der Waals surface area (Å²) < 4.78 is 68.6. The Hall–Kier alpha value is -1.94. The predicted octanol–water partition coefficient (Wildman–Crippen LogP) is 23.3. The van der Waals surface area contributed by atoms with Crippen LogP contribution in [0.1, 0.15) is 413 Å². The molecule has 0 rings (SSSR count). The number of hydrogen-bond acceptors (Lipinski definition) is 15. The molecule has 0 aliphatic heterocycles. The molecular formula is C78H152O17P2. The van der Waals surface area contributed by atoms with Crippen LogP contribution < -0.4 is 0 Å². The van der Waals surface area contributed by atoms with Crippen LogP contribution in [0.3, 0.4) is 0 Å². The number of phosphoric acid groups is 2. The van der Waals surface area contributed by atoms with Crippen molar-refractivity contribution in [1.82, 2.24) is 0 Å². The van der Waals surface area contributed by atoms with Crippen LogP contribution in [0.5, 0.6) is 0 Å². The van der Waals surface area contributed by atoms with E-state index in [-0.39, 0.29) is 25.7 Å². The summed E-state index contributed by atoms with van der Waals surface area (Å²) in [4.78, 5) is 72.9. The van der Waals surface area contributed by atoms with Crippen LogP contribution in [-0.4, -0.2) is 96.7 Å². The Balaban J connectivity index is 5.24. The van der Waals surface area contributed by atoms with Gasteiger partial charge in [0.15, 0.2) is 12.2 Å². The minimum absolute atomic E-state index is 0.107. The minimum atomic E-state index is -4.96. The van der Waals surface area contributed by atoms with Gasteiger partial charge < -0.3 is 33.8 Å². The standard InChI is InChI=1S/C78H152O17P2/c1-6-9-12-15-18-21-24-26-28-30-32-34-38-43-48-53-58-63-77(82)94-74(68-89-76(81)62-57-52-47-42-37-33-31-29-27-25-22-19-16-13-10-7-2)70-93-97(86,87)91-66-72(79)65-90-96(84,85)92-69-73(67-88-75(80)61-56-51-46-41-23-20-17-14-11-8-3)95-78(83)64-59-54-49-44-39-35-36-40-45-50-55-60-71(4)5/h71-74,79H,6-70H2,1-5H3,(H,84,85)(H,86,87)/t72-,73+,74+/m0/s1. The van der Waals surface area contributed by atoms with Crippen molar-refractivity contribution in [3.8, 4) is 0 Å². The van der Waals surface area contributed by atoms with E-state index < -0.39 is 97.5 Å². The van der Waals surface area contributed by atoms with E-state index in [1.807, 2.05) is 0 Å². The highest BCUT2D eigenvalue weighted by atomic mass is 31.2. The number of esters is 4. The van der Waals surface area contributed by atoms with Crippen LogP contribution >= 0.6 is 15.6 Å². The zero-order valence-electron chi connectivity index (χ0n) is 63.2. The second kappa shape index (κ2) is 71.1. The first-order valence-electron chi connectivity index (χ1n) is 40.6. The maximum Gasteiger partial charge on any atom is 0.472 e. The van der Waals surface area contributed by atoms with E-state index in [4.69, 9.17) is 37.0 Å². The highest BCUT2D eigenvalue weighted by Crippen LogP contribution is 2.45. The van der Waals surface area contributed by atoms with Crippen molar-refractivity contribution in [2.45, 2.75) is 432 Å². The summed E-state index contributed by atoms with van der Waals surface area (Å²) >= 11 is 0. The predicted molar refractivity (Wildman–Crippen MR) is 395 cm³/mol. The van der Waals surface area contributed by atoms with Crippen molar-refractivity contribution >= 4 is 39.5 Å². The lowest BCUT2D eigenvalue weighted by Gasteiger charge is -2.21. The fourth-order valence-electron chi connectivity index (χ4n) is 12.1. The third-order valence-electron chi connectivity index (χ3n) is 18.3. The van der Waals surface area contributed by atoms with Crippen LogP contribution in [0.4, 0.5) is 0 Å². The fraction of sp³-hybridized carbons (Fsp3) is 0.949. The van der Waals surface area contributed by atoms with Gasteiger partial charge in [0, 0.05) is 25.7 Å². The van der Waals surface area contributed by atoms with Crippen molar-refractivity contribution in [3.05, 3.63) is 0 Å². The highest BCUT2D eigenvalue weighted by Gasteiger charge is 2.30. The van der Waals surface area contributed by atoms with Gasteiger partial charge in [-0.15, -0.1) is 0 Å². The second-order valence-electron chi connectivity index (χ2n) is 28.6. The SMILES string of the molecule is CCCCCCCCCCCCCCCCCCCC(=O)O[C@H](COC(=O)CCCCCCCCCCCCCCCCCC)COP(=O)(O)OC[C@@H](O)COP(=O)(O)OC[C@@H](COC(=O)CCCCCCCCCCCC)OC(=O)CCCCCCCCCCCCCC(C)C. The maximum atomic E-state index is 13.1. The monoisotopic (exact) mass is 1420 g/mol. The molecule has 0 saturated carbocycles. The molecule has 19 heteroatoms. The Morgan fingerprint density at radius 2 is 0.474 bits per heavy atom. The molecule has 0 spiro atoms. The zero-order chi connectivity index (χ0) is 71.2. The number of carbonyl (C=O) groups is 4. The molecule has 0 bridgehead atoms. The molecule has 2 unspecified atom stereocenters. The Morgan fingerprint density at radius 3 is 0.701 bits per heavy atom. The van der Waals surface area contributed by atoms with Gasteiger partial charge in [-0.2, -0.15) is 0 Å². The van der Waals surface area contributed by atoms with E-state index in [0.717, 1.165) is 95.8 Å². The lowest BCUT2D eigenvalue weighted by atomic mass is 10.0. The fourth-order valence-corrected chi connectivity index (χ4v) is 13.6. The highest BCUT2D eigenvalue weighted by molar-refractivity contribution is 7.47. The number of phosphoric ester groups is 2. The normalized spacial score (nSPS) is 13.9. The van der Waals surface area contributed by atoms with Gasteiger partial charge in [0.05, 0.1) is 26.4 Å². The number of aliphatic hydroxyl groups is 1. The summed E-state index contributed by atoms with van der Waals surface area (Å²) in [6.45, 7) is 7.31. The quantitative estimate of drug-likeness (QED) is 0.0222. The van der Waals surface area contributed by atoms with Crippen LogP contribution in [0.15, 0.2) is 0 Å². The molecule has 0 aliphatic carbocycles. The Morgan fingerprint density at radius 1 is 0.278 bits per heavy atom. The summed E-state index contributed by atoms with van der Waals surface area (Å²) in [5.74, 6) is -1.34. The molecule has 0 aromatic carbocycles. The number of rotatable bonds is 78. The third-order valence-corrected chi connectivity index (χ3v) is 20.2. The van der Waals surface area contributed by atoms with E-state index in [2.05, 4.69) is 34.6 Å².